The van der Waals surface area contributed by atoms with Crippen LogP contribution in [0.4, 0.5) is 8.78 Å². The minimum atomic E-state index is -0.995. The smallest absolute Gasteiger partial charge is 0.254 e. The first-order chi connectivity index (χ1) is 12.4. The number of hydrogen-bond donors (Lipinski definition) is 2. The number of carbonyl (C=O) groups excluding carboxylic acids is 2. The lowest BCUT2D eigenvalue weighted by atomic mass is 10.2. The molecule has 2 amide bonds. The number of hydrogen-bond acceptors (Lipinski definition) is 4. The number of amides is 2. The van der Waals surface area contributed by atoms with E-state index in [1.807, 2.05) is 0 Å². The molecule has 2 N–H and O–H groups in total. The zero-order chi connectivity index (χ0) is 19.1. The Morgan fingerprint density at radius 3 is 2.42 bits per heavy atom. The summed E-state index contributed by atoms with van der Waals surface area (Å²) in [5, 5.41) is 4.89. The van der Waals surface area contributed by atoms with Crippen molar-refractivity contribution in [3.8, 4) is 11.5 Å². The first-order valence-electron chi connectivity index (χ1n) is 7.65. The monoisotopic (exact) mass is 364 g/mol. The third-order valence-electron chi connectivity index (χ3n) is 3.56. The van der Waals surface area contributed by atoms with Crippen molar-refractivity contribution in [3.63, 3.8) is 0 Å². The molecular weight excluding hydrogens is 346 g/mol. The Morgan fingerprint density at radius 2 is 1.77 bits per heavy atom. The minimum absolute atomic E-state index is 0.173. The Kier molecular flexibility index (Phi) is 6.48. The highest BCUT2D eigenvalue weighted by molar-refractivity contribution is 5.96. The van der Waals surface area contributed by atoms with Gasteiger partial charge in [-0.1, -0.05) is 0 Å². The van der Waals surface area contributed by atoms with Crippen LogP contribution in [0.3, 0.4) is 0 Å². The van der Waals surface area contributed by atoms with Crippen LogP contribution in [0.25, 0.3) is 0 Å². The SMILES string of the molecule is COc1ccc(CNC(=O)CNC(=O)c2ccc(F)cc2F)c(OC)c1. The van der Waals surface area contributed by atoms with E-state index in [2.05, 4.69) is 10.6 Å². The lowest BCUT2D eigenvalue weighted by molar-refractivity contribution is -0.120. The molecule has 0 bridgehead atoms. The van der Waals surface area contributed by atoms with Crippen LogP contribution in [-0.2, 0) is 11.3 Å². The van der Waals surface area contributed by atoms with Crippen molar-refractivity contribution in [2.24, 2.45) is 0 Å². The Bertz CT molecular complexity index is 812. The number of rotatable bonds is 7. The zero-order valence-electron chi connectivity index (χ0n) is 14.3. The fourth-order valence-corrected chi connectivity index (χ4v) is 2.18. The molecule has 0 aliphatic rings. The summed E-state index contributed by atoms with van der Waals surface area (Å²) in [6, 6.07) is 7.73. The van der Waals surface area contributed by atoms with Crippen molar-refractivity contribution in [1.82, 2.24) is 10.6 Å². The number of carbonyl (C=O) groups is 2. The third-order valence-corrected chi connectivity index (χ3v) is 3.56. The van der Waals surface area contributed by atoms with Crippen LogP contribution in [0.2, 0.25) is 0 Å². The second kappa shape index (κ2) is 8.80. The second-order valence-electron chi connectivity index (χ2n) is 5.26. The molecule has 0 aliphatic carbocycles. The highest BCUT2D eigenvalue weighted by atomic mass is 19.1. The van der Waals surface area contributed by atoms with E-state index in [-0.39, 0.29) is 18.7 Å². The molecule has 0 atom stereocenters. The number of benzene rings is 2. The average Bonchev–Trinajstić information content (AvgIpc) is 2.64. The van der Waals surface area contributed by atoms with Crippen LogP contribution in [0.15, 0.2) is 36.4 Å². The van der Waals surface area contributed by atoms with Gasteiger partial charge < -0.3 is 20.1 Å². The van der Waals surface area contributed by atoms with Crippen LogP contribution < -0.4 is 20.1 Å². The van der Waals surface area contributed by atoms with Gasteiger partial charge in [0.2, 0.25) is 5.91 Å². The molecule has 0 saturated heterocycles. The maximum Gasteiger partial charge on any atom is 0.254 e. The van der Waals surface area contributed by atoms with E-state index in [9.17, 15) is 18.4 Å². The molecule has 0 radical (unpaired) electrons. The van der Waals surface area contributed by atoms with E-state index < -0.39 is 23.4 Å². The lowest BCUT2D eigenvalue weighted by Gasteiger charge is -2.12. The van der Waals surface area contributed by atoms with E-state index in [0.717, 1.165) is 17.7 Å². The molecule has 0 aliphatic heterocycles. The van der Waals surface area contributed by atoms with Crippen molar-refractivity contribution in [2.45, 2.75) is 6.54 Å². The van der Waals surface area contributed by atoms with Crippen molar-refractivity contribution >= 4 is 11.8 Å². The predicted molar refractivity (Wildman–Crippen MR) is 90.1 cm³/mol. The highest BCUT2D eigenvalue weighted by Crippen LogP contribution is 2.24. The van der Waals surface area contributed by atoms with Crippen LogP contribution in [0.1, 0.15) is 15.9 Å². The molecule has 2 rings (SSSR count). The Balaban J connectivity index is 1.88. The van der Waals surface area contributed by atoms with Crippen LogP contribution >= 0.6 is 0 Å². The fourth-order valence-electron chi connectivity index (χ4n) is 2.18. The van der Waals surface area contributed by atoms with Gasteiger partial charge in [-0.2, -0.15) is 0 Å². The highest BCUT2D eigenvalue weighted by Gasteiger charge is 2.14. The summed E-state index contributed by atoms with van der Waals surface area (Å²) >= 11 is 0. The van der Waals surface area contributed by atoms with Gasteiger partial charge in [0.15, 0.2) is 0 Å². The average molecular weight is 364 g/mol. The lowest BCUT2D eigenvalue weighted by Crippen LogP contribution is -2.37. The summed E-state index contributed by atoms with van der Waals surface area (Å²) in [6.45, 7) is -0.180. The zero-order valence-corrected chi connectivity index (χ0v) is 14.3. The van der Waals surface area contributed by atoms with Gasteiger partial charge in [-0.3, -0.25) is 9.59 Å². The number of halogens is 2. The van der Waals surface area contributed by atoms with Crippen molar-refractivity contribution < 1.29 is 27.8 Å². The molecule has 0 spiro atoms. The van der Waals surface area contributed by atoms with Crippen molar-refractivity contribution in [2.75, 3.05) is 20.8 Å². The first-order valence-corrected chi connectivity index (χ1v) is 7.65. The van der Waals surface area contributed by atoms with Gasteiger partial charge in [-0.05, 0) is 24.3 Å². The van der Waals surface area contributed by atoms with Gasteiger partial charge in [0.25, 0.3) is 5.91 Å². The van der Waals surface area contributed by atoms with Gasteiger partial charge in [0.1, 0.15) is 23.1 Å². The molecule has 0 aromatic heterocycles. The minimum Gasteiger partial charge on any atom is -0.497 e. The molecule has 2 aromatic rings. The molecular formula is C18H18F2N2O4. The largest absolute Gasteiger partial charge is 0.497 e. The van der Waals surface area contributed by atoms with Gasteiger partial charge in [-0.15, -0.1) is 0 Å². The van der Waals surface area contributed by atoms with E-state index in [0.29, 0.717) is 17.6 Å². The number of ether oxygens (including phenoxy) is 2. The Hall–Kier alpha value is -3.16. The summed E-state index contributed by atoms with van der Waals surface area (Å²) in [4.78, 5) is 23.7. The summed E-state index contributed by atoms with van der Waals surface area (Å²) in [5.41, 5.74) is 0.383. The molecule has 0 saturated carbocycles. The first kappa shape index (κ1) is 19.2. The van der Waals surface area contributed by atoms with Crippen molar-refractivity contribution in [3.05, 3.63) is 59.2 Å². The molecule has 2 aromatic carbocycles. The normalized spacial score (nSPS) is 10.2. The van der Waals surface area contributed by atoms with Gasteiger partial charge >= 0.3 is 0 Å². The summed E-state index contributed by atoms with van der Waals surface area (Å²) in [5.74, 6) is -1.90. The maximum absolute atomic E-state index is 13.5. The third kappa shape index (κ3) is 4.92. The van der Waals surface area contributed by atoms with E-state index in [1.165, 1.54) is 14.2 Å². The molecule has 8 heteroatoms. The van der Waals surface area contributed by atoms with Crippen LogP contribution in [0.5, 0.6) is 11.5 Å². The van der Waals surface area contributed by atoms with E-state index >= 15 is 0 Å². The number of nitrogens with one attached hydrogen (secondary N) is 2. The van der Waals surface area contributed by atoms with Crippen molar-refractivity contribution in [1.29, 1.82) is 0 Å². The van der Waals surface area contributed by atoms with E-state index in [1.54, 1.807) is 18.2 Å². The molecule has 138 valence electrons. The standard InChI is InChI=1S/C18H18F2N2O4/c1-25-13-5-3-11(16(8-13)26-2)9-21-17(23)10-22-18(24)14-6-4-12(19)7-15(14)20/h3-8H,9-10H2,1-2H3,(H,21,23)(H,22,24). The second-order valence-corrected chi connectivity index (χ2v) is 5.26. The summed E-state index contributed by atoms with van der Waals surface area (Å²) < 4.78 is 36.7. The van der Waals surface area contributed by atoms with Gasteiger partial charge in [0.05, 0.1) is 26.3 Å². The van der Waals surface area contributed by atoms with Gasteiger partial charge in [0, 0.05) is 24.2 Å². The molecule has 26 heavy (non-hydrogen) atoms. The Morgan fingerprint density at radius 1 is 1.00 bits per heavy atom. The fraction of sp³-hybridized carbons (Fsp3) is 0.222. The molecule has 6 nitrogen and oxygen atoms in total. The van der Waals surface area contributed by atoms with Crippen LogP contribution in [-0.4, -0.2) is 32.6 Å². The van der Waals surface area contributed by atoms with E-state index in [4.69, 9.17) is 9.47 Å². The number of methoxy groups -OCH3 is 2. The quantitative estimate of drug-likeness (QED) is 0.788. The Labute approximate surface area is 149 Å². The maximum atomic E-state index is 13.5. The molecule has 0 unspecified atom stereocenters. The molecule has 0 fully saturated rings. The van der Waals surface area contributed by atoms with Gasteiger partial charge in [-0.25, -0.2) is 8.78 Å². The topological polar surface area (TPSA) is 76.7 Å². The predicted octanol–water partition coefficient (Wildman–Crippen LogP) is 2.03. The van der Waals surface area contributed by atoms with Crippen LogP contribution in [0, 0.1) is 11.6 Å². The molecule has 0 heterocycles. The summed E-state index contributed by atoms with van der Waals surface area (Å²) in [7, 11) is 3.03. The summed E-state index contributed by atoms with van der Waals surface area (Å²) in [6.07, 6.45) is 0.